The van der Waals surface area contributed by atoms with Gasteiger partial charge in [-0.2, -0.15) is 4.98 Å². The SMILES string of the molecule is CCOc1nc(-c2ccc(F)cc2)n(-c2cccc(NC(=O)CC(C)C)c2)n1. The number of nitrogens with zero attached hydrogens (tertiary/aromatic N) is 3. The molecule has 1 N–H and O–H groups in total. The first-order valence-corrected chi connectivity index (χ1v) is 9.22. The number of amides is 1. The molecule has 0 saturated carbocycles. The van der Waals surface area contributed by atoms with Gasteiger partial charge in [-0.25, -0.2) is 9.07 Å². The first-order chi connectivity index (χ1) is 13.5. The number of hydrogen-bond donors (Lipinski definition) is 1. The molecule has 0 spiro atoms. The fourth-order valence-electron chi connectivity index (χ4n) is 2.75. The van der Waals surface area contributed by atoms with Gasteiger partial charge in [-0.05, 0) is 55.3 Å². The van der Waals surface area contributed by atoms with E-state index in [1.165, 1.54) is 12.1 Å². The Balaban J connectivity index is 1.97. The molecule has 0 aliphatic heterocycles. The van der Waals surface area contributed by atoms with E-state index < -0.39 is 0 Å². The first kappa shape index (κ1) is 19.5. The maximum absolute atomic E-state index is 13.3. The van der Waals surface area contributed by atoms with Gasteiger partial charge in [0.1, 0.15) is 5.82 Å². The molecule has 3 rings (SSSR count). The van der Waals surface area contributed by atoms with E-state index in [1.807, 2.05) is 45.0 Å². The maximum atomic E-state index is 13.3. The van der Waals surface area contributed by atoms with Crippen molar-refractivity contribution in [2.75, 3.05) is 11.9 Å². The molecule has 0 saturated heterocycles. The first-order valence-electron chi connectivity index (χ1n) is 9.22. The minimum atomic E-state index is -0.324. The minimum absolute atomic E-state index is 0.0421. The van der Waals surface area contributed by atoms with Gasteiger partial charge < -0.3 is 10.1 Å². The Morgan fingerprint density at radius 2 is 1.96 bits per heavy atom. The molecule has 1 aromatic heterocycles. The van der Waals surface area contributed by atoms with Crippen LogP contribution in [0.25, 0.3) is 17.1 Å². The Kier molecular flexibility index (Phi) is 6.03. The van der Waals surface area contributed by atoms with Crippen molar-refractivity contribution in [1.82, 2.24) is 14.8 Å². The predicted molar refractivity (Wildman–Crippen MR) is 106 cm³/mol. The molecule has 3 aromatic rings. The third-order valence-corrected chi connectivity index (χ3v) is 3.93. The number of nitrogens with one attached hydrogen (secondary N) is 1. The van der Waals surface area contributed by atoms with E-state index in [0.29, 0.717) is 35.8 Å². The zero-order valence-electron chi connectivity index (χ0n) is 16.1. The number of anilines is 1. The largest absolute Gasteiger partial charge is 0.463 e. The van der Waals surface area contributed by atoms with Gasteiger partial charge in [0.25, 0.3) is 0 Å². The van der Waals surface area contributed by atoms with Crippen molar-refractivity contribution in [3.63, 3.8) is 0 Å². The lowest BCUT2D eigenvalue weighted by Crippen LogP contribution is -2.14. The monoisotopic (exact) mass is 382 g/mol. The lowest BCUT2D eigenvalue weighted by atomic mass is 10.1. The van der Waals surface area contributed by atoms with E-state index in [2.05, 4.69) is 15.4 Å². The van der Waals surface area contributed by atoms with Crippen LogP contribution in [0.4, 0.5) is 10.1 Å². The van der Waals surface area contributed by atoms with Gasteiger partial charge in [-0.15, -0.1) is 5.10 Å². The van der Waals surface area contributed by atoms with Crippen LogP contribution in [0.1, 0.15) is 27.2 Å². The summed E-state index contributed by atoms with van der Waals surface area (Å²) in [5.41, 5.74) is 2.08. The number of halogens is 1. The van der Waals surface area contributed by atoms with Crippen LogP contribution in [0.5, 0.6) is 6.01 Å². The van der Waals surface area contributed by atoms with Crippen molar-refractivity contribution < 1.29 is 13.9 Å². The Morgan fingerprint density at radius 1 is 1.21 bits per heavy atom. The van der Waals surface area contributed by atoms with E-state index in [9.17, 15) is 9.18 Å². The molecule has 0 unspecified atom stereocenters. The van der Waals surface area contributed by atoms with Crippen molar-refractivity contribution in [3.05, 3.63) is 54.3 Å². The summed E-state index contributed by atoms with van der Waals surface area (Å²) in [6.07, 6.45) is 0.447. The zero-order valence-corrected chi connectivity index (χ0v) is 16.1. The fraction of sp³-hybridized carbons (Fsp3) is 0.286. The van der Waals surface area contributed by atoms with Crippen molar-refractivity contribution in [3.8, 4) is 23.1 Å². The number of ether oxygens (including phenoxy) is 1. The third-order valence-electron chi connectivity index (χ3n) is 3.93. The highest BCUT2D eigenvalue weighted by Crippen LogP contribution is 2.25. The van der Waals surface area contributed by atoms with Crippen molar-refractivity contribution in [1.29, 1.82) is 0 Å². The molecule has 0 atom stereocenters. The second kappa shape index (κ2) is 8.65. The van der Waals surface area contributed by atoms with E-state index in [-0.39, 0.29) is 23.7 Å². The molecule has 0 aliphatic carbocycles. The average molecular weight is 382 g/mol. The molecular weight excluding hydrogens is 359 g/mol. The normalized spacial score (nSPS) is 10.9. The molecule has 2 aromatic carbocycles. The lowest BCUT2D eigenvalue weighted by molar-refractivity contribution is -0.116. The summed E-state index contributed by atoms with van der Waals surface area (Å²) in [7, 11) is 0. The van der Waals surface area contributed by atoms with Crippen LogP contribution in [-0.4, -0.2) is 27.3 Å². The van der Waals surface area contributed by atoms with Crippen LogP contribution in [0.15, 0.2) is 48.5 Å². The lowest BCUT2D eigenvalue weighted by Gasteiger charge is -2.10. The van der Waals surface area contributed by atoms with E-state index in [0.717, 1.165) is 0 Å². The summed E-state index contributed by atoms with van der Waals surface area (Å²) in [4.78, 5) is 16.5. The summed E-state index contributed by atoms with van der Waals surface area (Å²) in [6.45, 7) is 6.27. The molecule has 146 valence electrons. The molecular formula is C21H23FN4O2. The highest BCUT2D eigenvalue weighted by Gasteiger charge is 2.15. The molecule has 6 nitrogen and oxygen atoms in total. The number of rotatable bonds is 7. The number of benzene rings is 2. The van der Waals surface area contributed by atoms with E-state index in [4.69, 9.17) is 4.74 Å². The Hall–Kier alpha value is -3.22. The fourth-order valence-corrected chi connectivity index (χ4v) is 2.75. The maximum Gasteiger partial charge on any atom is 0.336 e. The predicted octanol–water partition coefficient (Wildman–Crippen LogP) is 4.46. The van der Waals surface area contributed by atoms with Gasteiger partial charge in [0, 0.05) is 17.7 Å². The molecule has 0 radical (unpaired) electrons. The summed E-state index contributed by atoms with van der Waals surface area (Å²) in [5.74, 6) is 0.431. The molecule has 0 aliphatic rings. The topological polar surface area (TPSA) is 69.0 Å². The number of hydrogen-bond acceptors (Lipinski definition) is 4. The van der Waals surface area contributed by atoms with Gasteiger partial charge in [-0.3, -0.25) is 4.79 Å². The molecule has 28 heavy (non-hydrogen) atoms. The summed E-state index contributed by atoms with van der Waals surface area (Å²) < 4.78 is 20.4. The Morgan fingerprint density at radius 3 is 2.64 bits per heavy atom. The van der Waals surface area contributed by atoms with Crippen molar-refractivity contribution in [2.45, 2.75) is 27.2 Å². The van der Waals surface area contributed by atoms with Crippen LogP contribution < -0.4 is 10.1 Å². The molecule has 0 fully saturated rings. The average Bonchev–Trinajstić information content (AvgIpc) is 3.06. The summed E-state index contributed by atoms with van der Waals surface area (Å²) in [5, 5.41) is 7.32. The molecule has 1 heterocycles. The minimum Gasteiger partial charge on any atom is -0.463 e. The summed E-state index contributed by atoms with van der Waals surface area (Å²) in [6, 6.07) is 13.6. The third kappa shape index (κ3) is 4.73. The van der Waals surface area contributed by atoms with Crippen molar-refractivity contribution >= 4 is 11.6 Å². The quantitative estimate of drug-likeness (QED) is 0.655. The van der Waals surface area contributed by atoms with Gasteiger partial charge in [0.15, 0.2) is 5.82 Å². The van der Waals surface area contributed by atoms with Gasteiger partial charge in [0.05, 0.1) is 12.3 Å². The van der Waals surface area contributed by atoms with Crippen LogP contribution in [0.2, 0.25) is 0 Å². The van der Waals surface area contributed by atoms with Crippen LogP contribution >= 0.6 is 0 Å². The highest BCUT2D eigenvalue weighted by atomic mass is 19.1. The van der Waals surface area contributed by atoms with Crippen LogP contribution in [0, 0.1) is 11.7 Å². The van der Waals surface area contributed by atoms with Gasteiger partial charge in [-0.1, -0.05) is 19.9 Å². The number of aromatic nitrogens is 3. The van der Waals surface area contributed by atoms with Crippen LogP contribution in [-0.2, 0) is 4.79 Å². The summed E-state index contributed by atoms with van der Waals surface area (Å²) >= 11 is 0. The van der Waals surface area contributed by atoms with Crippen LogP contribution in [0.3, 0.4) is 0 Å². The number of carbonyl (C=O) groups excluding carboxylic acids is 1. The van der Waals surface area contributed by atoms with E-state index >= 15 is 0 Å². The second-order valence-electron chi connectivity index (χ2n) is 6.77. The molecule has 1 amide bonds. The standard InChI is InChI=1S/C21H23FN4O2/c1-4-28-21-24-20(15-8-10-16(22)11-9-15)26(25-21)18-7-5-6-17(13-18)23-19(27)12-14(2)3/h5-11,13-14H,4,12H2,1-3H3,(H,23,27). The Labute approximate surface area is 163 Å². The van der Waals surface area contributed by atoms with Crippen molar-refractivity contribution in [2.24, 2.45) is 5.92 Å². The van der Waals surface area contributed by atoms with E-state index in [1.54, 1.807) is 16.8 Å². The highest BCUT2D eigenvalue weighted by molar-refractivity contribution is 5.91. The zero-order chi connectivity index (χ0) is 20.1. The number of carbonyl (C=O) groups is 1. The van der Waals surface area contributed by atoms with Gasteiger partial charge >= 0.3 is 6.01 Å². The van der Waals surface area contributed by atoms with Gasteiger partial charge in [0.2, 0.25) is 5.91 Å². The molecule has 7 heteroatoms. The second-order valence-corrected chi connectivity index (χ2v) is 6.77. The smallest absolute Gasteiger partial charge is 0.336 e. The Bertz CT molecular complexity index is 951. The molecule has 0 bridgehead atoms.